The standard InChI is InChI=1S/C21H12ClF5N4S/c22-13-6-12(21(25,26)27)7-14(8-13)32-31-17-4-2-15(23)18(19(17)24)10-1-3-16-11(5-10)9-29-20(28)30-16/h1-9,31H,(H2,28,29,30). The molecule has 0 aliphatic rings. The van der Waals surface area contributed by atoms with Gasteiger partial charge in [0.2, 0.25) is 5.95 Å². The molecule has 0 bridgehead atoms. The van der Waals surface area contributed by atoms with Gasteiger partial charge in [0.1, 0.15) is 5.82 Å². The zero-order valence-corrected chi connectivity index (χ0v) is 17.4. The molecule has 3 N–H and O–H groups in total. The molecule has 4 aromatic rings. The Kier molecular flexibility index (Phi) is 5.83. The van der Waals surface area contributed by atoms with Crippen molar-refractivity contribution in [1.82, 2.24) is 9.97 Å². The van der Waals surface area contributed by atoms with Crippen LogP contribution in [0.4, 0.5) is 33.6 Å². The topological polar surface area (TPSA) is 63.8 Å². The molecule has 3 aromatic carbocycles. The van der Waals surface area contributed by atoms with Gasteiger partial charge < -0.3 is 10.5 Å². The normalized spacial score (nSPS) is 11.7. The number of halogens is 6. The van der Waals surface area contributed by atoms with E-state index in [-0.39, 0.29) is 32.7 Å². The molecule has 0 saturated heterocycles. The Bertz CT molecular complexity index is 1330. The average Bonchev–Trinajstić information content (AvgIpc) is 2.72. The summed E-state index contributed by atoms with van der Waals surface area (Å²) < 4.78 is 71.3. The third kappa shape index (κ3) is 4.56. The molecular weight excluding hydrogens is 471 g/mol. The van der Waals surface area contributed by atoms with E-state index in [0.29, 0.717) is 22.9 Å². The third-order valence-electron chi connectivity index (χ3n) is 4.46. The Balaban J connectivity index is 1.66. The van der Waals surface area contributed by atoms with Crippen molar-refractivity contribution in [2.75, 3.05) is 10.5 Å². The number of nitrogens with one attached hydrogen (secondary N) is 1. The Hall–Kier alpha value is -3.11. The number of alkyl halides is 3. The van der Waals surface area contributed by atoms with Crippen LogP contribution in [0.1, 0.15) is 5.56 Å². The highest BCUT2D eigenvalue weighted by atomic mass is 35.5. The van der Waals surface area contributed by atoms with E-state index in [1.807, 2.05) is 0 Å². The molecule has 164 valence electrons. The van der Waals surface area contributed by atoms with Gasteiger partial charge in [-0.05, 0) is 60.0 Å². The molecule has 1 heterocycles. The first-order valence-electron chi connectivity index (χ1n) is 8.93. The lowest BCUT2D eigenvalue weighted by atomic mass is 10.0. The number of benzene rings is 3. The second-order valence-electron chi connectivity index (χ2n) is 6.66. The van der Waals surface area contributed by atoms with Crippen molar-refractivity contribution in [2.24, 2.45) is 0 Å². The van der Waals surface area contributed by atoms with E-state index < -0.39 is 23.4 Å². The number of anilines is 2. The second kappa shape index (κ2) is 8.44. The molecule has 1 aromatic heterocycles. The van der Waals surface area contributed by atoms with Crippen molar-refractivity contribution in [2.45, 2.75) is 11.1 Å². The quantitative estimate of drug-likeness (QED) is 0.243. The number of hydrogen-bond acceptors (Lipinski definition) is 5. The number of rotatable bonds is 4. The fourth-order valence-corrected chi connectivity index (χ4v) is 4.06. The molecule has 0 aliphatic carbocycles. The minimum atomic E-state index is -4.58. The highest BCUT2D eigenvalue weighted by molar-refractivity contribution is 8.00. The predicted molar refractivity (Wildman–Crippen MR) is 115 cm³/mol. The molecular formula is C21H12ClF5N4S. The summed E-state index contributed by atoms with van der Waals surface area (Å²) in [5.41, 5.74) is 4.92. The molecule has 0 spiro atoms. The lowest BCUT2D eigenvalue weighted by Gasteiger charge is -2.13. The van der Waals surface area contributed by atoms with Crippen LogP contribution in [-0.4, -0.2) is 9.97 Å². The highest BCUT2D eigenvalue weighted by Gasteiger charge is 2.31. The van der Waals surface area contributed by atoms with Gasteiger partial charge in [0.05, 0.1) is 22.3 Å². The maximum Gasteiger partial charge on any atom is 0.416 e. The number of nitrogens with zero attached hydrogens (tertiary/aromatic N) is 2. The molecule has 0 aliphatic heterocycles. The number of fused-ring (bicyclic) bond motifs is 1. The van der Waals surface area contributed by atoms with Crippen LogP contribution in [0.25, 0.3) is 22.0 Å². The Morgan fingerprint density at radius 3 is 2.53 bits per heavy atom. The smallest absolute Gasteiger partial charge is 0.368 e. The molecule has 0 unspecified atom stereocenters. The predicted octanol–water partition coefficient (Wildman–Crippen LogP) is 6.95. The fourth-order valence-electron chi connectivity index (χ4n) is 3.00. The number of nitrogen functional groups attached to an aromatic ring is 1. The van der Waals surface area contributed by atoms with Gasteiger partial charge in [-0.25, -0.2) is 18.7 Å². The molecule has 0 fully saturated rings. The van der Waals surface area contributed by atoms with Crippen LogP contribution < -0.4 is 10.5 Å². The molecule has 0 atom stereocenters. The van der Waals surface area contributed by atoms with Crippen LogP contribution in [0.5, 0.6) is 0 Å². The van der Waals surface area contributed by atoms with Crippen molar-refractivity contribution < 1.29 is 22.0 Å². The molecule has 0 radical (unpaired) electrons. The summed E-state index contributed by atoms with van der Waals surface area (Å²) in [5.74, 6) is -1.65. The maximum absolute atomic E-state index is 15.2. The van der Waals surface area contributed by atoms with Crippen molar-refractivity contribution in [3.63, 3.8) is 0 Å². The van der Waals surface area contributed by atoms with Crippen LogP contribution in [-0.2, 0) is 6.18 Å². The van der Waals surface area contributed by atoms with E-state index in [9.17, 15) is 17.6 Å². The summed E-state index contributed by atoms with van der Waals surface area (Å²) in [4.78, 5) is 8.02. The summed E-state index contributed by atoms with van der Waals surface area (Å²) in [7, 11) is 0. The Labute approximate surface area is 187 Å². The minimum Gasteiger partial charge on any atom is -0.368 e. The van der Waals surface area contributed by atoms with E-state index in [4.69, 9.17) is 17.3 Å². The van der Waals surface area contributed by atoms with E-state index in [2.05, 4.69) is 14.7 Å². The fraction of sp³-hybridized carbons (Fsp3) is 0.0476. The van der Waals surface area contributed by atoms with Crippen molar-refractivity contribution in [3.05, 3.63) is 76.9 Å². The lowest BCUT2D eigenvalue weighted by Crippen LogP contribution is -2.05. The van der Waals surface area contributed by atoms with Crippen molar-refractivity contribution in [1.29, 1.82) is 0 Å². The van der Waals surface area contributed by atoms with Gasteiger partial charge in [-0.15, -0.1) is 0 Å². The first-order valence-corrected chi connectivity index (χ1v) is 10.1. The average molecular weight is 483 g/mol. The van der Waals surface area contributed by atoms with Crippen molar-refractivity contribution >= 4 is 46.1 Å². The van der Waals surface area contributed by atoms with E-state index >= 15 is 4.39 Å². The van der Waals surface area contributed by atoms with Crippen LogP contribution in [0, 0.1) is 11.6 Å². The van der Waals surface area contributed by atoms with Crippen LogP contribution in [0.15, 0.2) is 59.6 Å². The van der Waals surface area contributed by atoms with Gasteiger partial charge in [-0.3, -0.25) is 0 Å². The summed E-state index contributed by atoms with van der Waals surface area (Å²) in [6.45, 7) is 0. The monoisotopic (exact) mass is 482 g/mol. The molecule has 32 heavy (non-hydrogen) atoms. The largest absolute Gasteiger partial charge is 0.416 e. The third-order valence-corrected chi connectivity index (χ3v) is 5.47. The van der Waals surface area contributed by atoms with Gasteiger partial charge in [-0.2, -0.15) is 13.2 Å². The number of hydrogen-bond donors (Lipinski definition) is 2. The SMILES string of the molecule is Nc1ncc2cc(-c3c(F)ccc(NSc4cc(Cl)cc(C(F)(F)F)c4)c3F)ccc2n1. The van der Waals surface area contributed by atoms with Crippen molar-refractivity contribution in [3.8, 4) is 11.1 Å². The Morgan fingerprint density at radius 1 is 1.00 bits per heavy atom. The highest BCUT2D eigenvalue weighted by Crippen LogP contribution is 2.37. The van der Waals surface area contributed by atoms with Gasteiger partial charge in [-0.1, -0.05) is 17.7 Å². The van der Waals surface area contributed by atoms with Crippen LogP contribution in [0.2, 0.25) is 5.02 Å². The van der Waals surface area contributed by atoms with Gasteiger partial charge >= 0.3 is 6.18 Å². The summed E-state index contributed by atoms with van der Waals surface area (Å²) in [5, 5.41) is 0.408. The van der Waals surface area contributed by atoms with Crippen LogP contribution >= 0.6 is 23.5 Å². The van der Waals surface area contributed by atoms with Gasteiger partial charge in [0.15, 0.2) is 5.82 Å². The van der Waals surface area contributed by atoms with Gasteiger partial charge in [0.25, 0.3) is 0 Å². The first kappa shape index (κ1) is 22.1. The van der Waals surface area contributed by atoms with Gasteiger partial charge in [0, 0.05) is 21.5 Å². The Morgan fingerprint density at radius 2 is 1.78 bits per heavy atom. The molecule has 4 nitrogen and oxygen atoms in total. The second-order valence-corrected chi connectivity index (χ2v) is 7.98. The molecule has 0 amide bonds. The molecule has 11 heteroatoms. The van der Waals surface area contributed by atoms with E-state index in [1.54, 1.807) is 6.07 Å². The van der Waals surface area contributed by atoms with E-state index in [1.165, 1.54) is 24.4 Å². The van der Waals surface area contributed by atoms with E-state index in [0.717, 1.165) is 24.3 Å². The minimum absolute atomic E-state index is 0.0699. The van der Waals surface area contributed by atoms with Crippen LogP contribution in [0.3, 0.4) is 0 Å². The number of nitrogens with two attached hydrogens (primary N) is 1. The zero-order chi connectivity index (χ0) is 23.0. The zero-order valence-electron chi connectivity index (χ0n) is 15.8. The summed E-state index contributed by atoms with van der Waals surface area (Å²) >= 11 is 6.49. The molecule has 4 rings (SSSR count). The number of aromatic nitrogens is 2. The summed E-state index contributed by atoms with van der Waals surface area (Å²) in [6, 6.07) is 9.73. The molecule has 0 saturated carbocycles. The maximum atomic E-state index is 15.2. The summed E-state index contributed by atoms with van der Waals surface area (Å²) in [6.07, 6.45) is -3.15. The first-order chi connectivity index (χ1) is 15.1. The lowest BCUT2D eigenvalue weighted by molar-refractivity contribution is -0.137.